The maximum absolute atomic E-state index is 13.7. The summed E-state index contributed by atoms with van der Waals surface area (Å²) in [5.74, 6) is -2.26. The van der Waals surface area contributed by atoms with Crippen molar-refractivity contribution in [2.24, 2.45) is 99.0 Å². The van der Waals surface area contributed by atoms with Gasteiger partial charge in [0.2, 0.25) is 17.3 Å². The van der Waals surface area contributed by atoms with Crippen molar-refractivity contribution in [3.05, 3.63) is 139 Å². The Hall–Kier alpha value is -5.85. The molecule has 3 N–H and O–H groups in total. The van der Waals surface area contributed by atoms with Crippen LogP contribution < -0.4 is 0 Å². The number of aliphatic hydroxyl groups is 3. The fraction of sp³-hybridized carbons (Fsp3) is 0.691. The van der Waals surface area contributed by atoms with E-state index >= 15 is 0 Å². The first kappa shape index (κ1) is 92.8. The molecule has 0 aliphatic heterocycles. The van der Waals surface area contributed by atoms with Gasteiger partial charge in [0, 0.05) is 54.3 Å². The summed E-state index contributed by atoms with van der Waals surface area (Å²) in [6, 6.07) is 0. The first-order valence-corrected chi connectivity index (χ1v) is 48.8. The normalized spacial score (nSPS) is 41.3. The van der Waals surface area contributed by atoms with Crippen molar-refractivity contribution in [3.63, 3.8) is 0 Å². The van der Waals surface area contributed by atoms with Crippen LogP contribution in [0.1, 0.15) is 287 Å². The second-order valence-corrected chi connectivity index (χ2v) is 47.9. The van der Waals surface area contributed by atoms with Gasteiger partial charge in [-0.15, -0.1) is 0 Å². The maximum atomic E-state index is 13.7. The highest BCUT2D eigenvalue weighted by Gasteiger charge is 2.72. The zero-order valence-electron chi connectivity index (χ0n) is 76.8. The summed E-state index contributed by atoms with van der Waals surface area (Å²) in [6.07, 6.45) is 35.9. The lowest BCUT2D eigenvalue weighted by molar-refractivity contribution is -0.178. The maximum Gasteiger partial charge on any atom is 0.532 e. The van der Waals surface area contributed by atoms with Gasteiger partial charge in [0.15, 0.2) is 17.3 Å². The third-order valence-electron chi connectivity index (χ3n) is 36.3. The lowest BCUT2D eigenvalue weighted by atomic mass is 9.34. The van der Waals surface area contributed by atoms with E-state index in [0.717, 1.165) is 130 Å². The minimum Gasteiger partial charge on any atom is -0.504 e. The largest absolute Gasteiger partial charge is 0.532 e. The predicted octanol–water partition coefficient (Wildman–Crippen LogP) is 24.2. The summed E-state index contributed by atoms with van der Waals surface area (Å²) in [6.45, 7) is 46.7. The molecule has 21 nitrogen and oxygen atoms in total. The Morgan fingerprint density at radius 1 is 0.380 bits per heavy atom. The van der Waals surface area contributed by atoms with Gasteiger partial charge in [0.1, 0.15) is 0 Å². The van der Waals surface area contributed by atoms with Gasteiger partial charge < -0.3 is 28.9 Å². The number of ketones is 3. The molecule has 0 aromatic rings. The molecule has 0 aromatic carbocycles. The number of rotatable bonds is 15. The van der Waals surface area contributed by atoms with Crippen molar-refractivity contribution < 1.29 is 98.5 Å². The molecule has 24 heteroatoms. The Labute approximate surface area is 718 Å². The molecular formula is C97H137O21P3. The number of allylic oxidation sites excluding steroid dienone is 21. The molecule has 0 saturated heterocycles. The van der Waals surface area contributed by atoms with Crippen LogP contribution in [0.3, 0.4) is 0 Å². The molecule has 0 amide bonds. The SMILES string of the molecule is CCOP(=O)(OCC)OC(=O)[C@]1(C)CC[C@]2(C)CC[C@]3(C)C4=CC=C5C(=CC(=O)C(O)=C5C)[C@]4(C)CC[C@@]3(C)[C@@H]2C1.COP(=O)(OC(=O)[C@]1(C)CC[C@]2(C)CC[C@]3(C)C4=CC=C5C(=CC(=O)C(O)=C5C)[C@]4(C)CC[C@@]3(C)[C@@H]2C1)OC(C)C.COP(=O)(OC)OC(=O)[C@]1(C)CC[C@]2(C)CC[C@]3(C)C4=CC=C5C(=CC(=O)C(O)=C5C)[C@]4(C)CC[C@@]3(C)[C@@H]2C1. The fourth-order valence-corrected chi connectivity index (χ4v) is 30.6. The third-order valence-corrected chi connectivity index (χ3v) is 40.6. The number of phosphoric ester groups is 3. The topological polar surface area (TPSA) is 297 Å². The van der Waals surface area contributed by atoms with Gasteiger partial charge in [-0.05, 0) is 322 Å². The fourth-order valence-electron chi connectivity index (χ4n) is 27.5. The second kappa shape index (κ2) is 30.7. The molecule has 19 atom stereocenters. The van der Waals surface area contributed by atoms with E-state index in [-0.39, 0.29) is 131 Å². The third kappa shape index (κ3) is 14.1. The number of carbonyl (C=O) groups excluding carboxylic acids is 6. The summed E-state index contributed by atoms with van der Waals surface area (Å²) in [5.41, 5.74) is 8.06. The van der Waals surface area contributed by atoms with Crippen LogP contribution in [-0.4, -0.2) is 91.2 Å². The average molecular weight is 1730 g/mol. The monoisotopic (exact) mass is 1730 g/mol. The average Bonchev–Trinajstić information content (AvgIpc) is 0.684. The lowest BCUT2D eigenvalue weighted by Crippen LogP contribution is -2.62. The molecular weight excluding hydrogens is 1590 g/mol. The molecule has 0 bridgehead atoms. The Morgan fingerprint density at radius 2 is 0.636 bits per heavy atom. The van der Waals surface area contributed by atoms with Crippen LogP contribution in [0.2, 0.25) is 0 Å². The van der Waals surface area contributed by atoms with Crippen LogP contribution >= 0.6 is 23.5 Å². The summed E-state index contributed by atoms with van der Waals surface area (Å²) >= 11 is 0. The molecule has 15 rings (SSSR count). The van der Waals surface area contributed by atoms with Gasteiger partial charge in [0.05, 0.1) is 35.6 Å². The van der Waals surface area contributed by atoms with Crippen LogP contribution in [0.5, 0.6) is 0 Å². The second-order valence-electron chi connectivity index (χ2n) is 42.8. The Morgan fingerprint density at radius 3 is 0.893 bits per heavy atom. The lowest BCUT2D eigenvalue weighted by Gasteiger charge is -2.70. The minimum atomic E-state index is -4.01. The number of aliphatic hydroxyl groups excluding tert-OH is 3. The summed E-state index contributed by atoms with van der Waals surface area (Å²) in [4.78, 5) is 79.0. The van der Waals surface area contributed by atoms with E-state index in [9.17, 15) is 57.8 Å². The first-order chi connectivity index (χ1) is 55.9. The number of hydrogen-bond donors (Lipinski definition) is 3. The Kier molecular flexibility index (Phi) is 23.6. The molecule has 0 heterocycles. The van der Waals surface area contributed by atoms with Crippen LogP contribution in [0, 0.1) is 99.0 Å². The van der Waals surface area contributed by atoms with E-state index in [1.807, 2.05) is 41.5 Å². The van der Waals surface area contributed by atoms with Crippen LogP contribution in [0.4, 0.5) is 0 Å². The van der Waals surface area contributed by atoms with E-state index in [1.165, 1.54) is 38.0 Å². The van der Waals surface area contributed by atoms with Crippen LogP contribution in [-0.2, 0) is 83.2 Å². The first-order valence-electron chi connectivity index (χ1n) is 44.4. The van der Waals surface area contributed by atoms with Gasteiger partial charge in [-0.3, -0.25) is 55.9 Å². The molecule has 0 aromatic heterocycles. The van der Waals surface area contributed by atoms with Crippen molar-refractivity contribution in [1.82, 2.24) is 0 Å². The highest BCUT2D eigenvalue weighted by molar-refractivity contribution is 7.49. The van der Waals surface area contributed by atoms with E-state index in [4.69, 9.17) is 40.7 Å². The van der Waals surface area contributed by atoms with Crippen molar-refractivity contribution in [2.45, 2.75) is 293 Å². The van der Waals surface area contributed by atoms with Gasteiger partial charge >= 0.3 is 41.4 Å². The standard InChI is InChI=1S/2C33H47O7P.C31H43O7P/c1-20(2)39-41(37,38-9)40-28(36)30(5)13-12-29(4)14-16-32(7)25-11-10-22-21(3)27(35)24(34)18-23(22)31(25,6)15-17-33(32,8)26(29)19-30;1-9-38-41(37,39-10-2)40-28(36)30(5)14-13-29(4)15-17-32(7)25-12-11-22-21(3)27(35)24(34)19-23(22)31(25,6)16-18-33(32,8)26(29)20-30;1-19-20-9-10-23-29(4,21(20)17-22(32)25(19)33)14-16-31(6)24-18-28(3,26(34)38-39(35,36-7)37-8)12-11-27(24,2)13-15-30(23,31)5/h10-11,18,20,26,35H,12-17,19H2,1-9H3;11-12,19,26,35H,9-10,13-18,20H2,1-8H3;9-10,17,24,33H,11-16,18H2,1-8H3/t26-,29-,30-,31+,32-,33+,41?;26-,29-,30-,31+,32-,33+;24-,27-,28-,29+,30-,31+/m111/s1. The van der Waals surface area contributed by atoms with E-state index in [2.05, 4.69) is 120 Å². The Balaban J connectivity index is 0.000000157. The Bertz CT molecular complexity index is 4810. The van der Waals surface area contributed by atoms with Gasteiger partial charge in [-0.2, -0.15) is 0 Å². The summed E-state index contributed by atoms with van der Waals surface area (Å²) in [7, 11) is -8.24. The summed E-state index contributed by atoms with van der Waals surface area (Å²) < 4.78 is 86.2. The molecule has 0 radical (unpaired) electrons. The van der Waals surface area contributed by atoms with Crippen molar-refractivity contribution in [3.8, 4) is 0 Å². The molecule has 1 unspecified atom stereocenters. The molecule has 0 spiro atoms. The molecule has 666 valence electrons. The number of phosphoric acid groups is 3. The quantitative estimate of drug-likeness (QED) is 0.128. The van der Waals surface area contributed by atoms with Gasteiger partial charge in [0.25, 0.3) is 0 Å². The molecule has 15 aliphatic carbocycles. The molecule has 121 heavy (non-hydrogen) atoms. The number of carbonyl (C=O) groups is 6. The zero-order valence-corrected chi connectivity index (χ0v) is 79.5. The zero-order chi connectivity index (χ0) is 89.4. The van der Waals surface area contributed by atoms with Crippen LogP contribution in [0.25, 0.3) is 0 Å². The smallest absolute Gasteiger partial charge is 0.504 e. The molecule has 9 saturated carbocycles. The van der Waals surface area contributed by atoms with E-state index in [0.29, 0.717) is 55.2 Å². The van der Waals surface area contributed by atoms with Crippen molar-refractivity contribution in [2.75, 3.05) is 34.5 Å². The minimum absolute atomic E-state index is 0.0720. The number of hydrogen-bond acceptors (Lipinski definition) is 21. The van der Waals surface area contributed by atoms with Crippen molar-refractivity contribution in [1.29, 1.82) is 0 Å². The highest BCUT2D eigenvalue weighted by Crippen LogP contribution is 2.80. The molecule has 15 aliphatic rings. The molecule has 9 fully saturated rings. The highest BCUT2D eigenvalue weighted by atomic mass is 31.2. The number of fused-ring (bicyclic) bond motifs is 21. The van der Waals surface area contributed by atoms with Gasteiger partial charge in [-0.1, -0.05) is 136 Å². The van der Waals surface area contributed by atoms with Crippen LogP contribution in [0.15, 0.2) is 139 Å². The van der Waals surface area contributed by atoms with E-state index in [1.54, 1.807) is 45.9 Å². The van der Waals surface area contributed by atoms with Crippen molar-refractivity contribution >= 4 is 58.7 Å². The summed E-state index contributed by atoms with van der Waals surface area (Å²) in [5, 5.41) is 31.1. The van der Waals surface area contributed by atoms with Gasteiger partial charge in [-0.25, -0.2) is 13.7 Å². The predicted molar refractivity (Wildman–Crippen MR) is 464 cm³/mol. The van der Waals surface area contributed by atoms with E-state index < -0.39 is 63.7 Å².